The summed E-state index contributed by atoms with van der Waals surface area (Å²) in [6, 6.07) is 4.14. The van der Waals surface area contributed by atoms with E-state index < -0.39 is 0 Å². The monoisotopic (exact) mass is 234 g/mol. The number of aromatic nitrogens is 2. The van der Waals surface area contributed by atoms with Crippen molar-refractivity contribution >= 4 is 22.4 Å². The Morgan fingerprint density at radius 3 is 2.76 bits per heavy atom. The number of hydrogen-bond acceptors (Lipinski definition) is 6. The van der Waals surface area contributed by atoms with E-state index >= 15 is 0 Å². The topological polar surface area (TPSA) is 86.2 Å². The van der Waals surface area contributed by atoms with Gasteiger partial charge in [0, 0.05) is 19.3 Å². The first-order valence-electron chi connectivity index (χ1n) is 5.69. The second-order valence-corrected chi connectivity index (χ2v) is 4.19. The summed E-state index contributed by atoms with van der Waals surface area (Å²) in [5, 5.41) is 11.1. The third-order valence-electron chi connectivity index (χ3n) is 3.03. The maximum atomic E-state index is 5.79. The lowest BCUT2D eigenvalue weighted by molar-refractivity contribution is 0.0905. The number of fused-ring (bicyclic) bond motifs is 1. The van der Waals surface area contributed by atoms with Crippen molar-refractivity contribution in [2.24, 2.45) is 0 Å². The number of benzene rings is 1. The van der Waals surface area contributed by atoms with Crippen LogP contribution in [0.15, 0.2) is 16.8 Å². The fraction of sp³-hybridized carbons (Fsp3) is 0.455. The molecule has 1 aromatic carbocycles. The van der Waals surface area contributed by atoms with Crippen LogP contribution in [-0.2, 0) is 4.74 Å². The molecule has 0 bridgehead atoms. The van der Waals surface area contributed by atoms with Crippen LogP contribution < -0.4 is 11.1 Å². The van der Waals surface area contributed by atoms with Crippen molar-refractivity contribution in [1.82, 2.24) is 10.3 Å². The predicted molar refractivity (Wildman–Crippen MR) is 63.7 cm³/mol. The molecule has 90 valence electrons. The van der Waals surface area contributed by atoms with Crippen LogP contribution in [0.2, 0.25) is 0 Å². The zero-order valence-corrected chi connectivity index (χ0v) is 9.35. The SMILES string of the molecule is Nc1ccc(NC2CCOCC2)c2nonc12. The van der Waals surface area contributed by atoms with E-state index in [1.165, 1.54) is 0 Å². The zero-order chi connectivity index (χ0) is 11.7. The molecule has 1 aromatic heterocycles. The molecule has 1 aliphatic heterocycles. The molecule has 0 saturated carbocycles. The van der Waals surface area contributed by atoms with Crippen LogP contribution in [-0.4, -0.2) is 29.6 Å². The Hall–Kier alpha value is -1.82. The number of nitrogens with two attached hydrogens (primary N) is 1. The van der Waals surface area contributed by atoms with Crippen molar-refractivity contribution in [2.45, 2.75) is 18.9 Å². The maximum Gasteiger partial charge on any atom is 0.160 e. The lowest BCUT2D eigenvalue weighted by Crippen LogP contribution is -2.27. The standard InChI is InChI=1S/C11H14N4O2/c12-8-1-2-9(11-10(8)14-17-15-11)13-7-3-5-16-6-4-7/h1-2,7,13H,3-6,12H2. The van der Waals surface area contributed by atoms with E-state index in [1.54, 1.807) is 0 Å². The highest BCUT2D eigenvalue weighted by atomic mass is 16.6. The summed E-state index contributed by atoms with van der Waals surface area (Å²) in [5.41, 5.74) is 8.60. The molecule has 3 N–H and O–H groups in total. The van der Waals surface area contributed by atoms with E-state index in [0.717, 1.165) is 31.7 Å². The van der Waals surface area contributed by atoms with E-state index in [2.05, 4.69) is 15.6 Å². The highest BCUT2D eigenvalue weighted by molar-refractivity contribution is 5.95. The summed E-state index contributed by atoms with van der Waals surface area (Å²) >= 11 is 0. The molecule has 17 heavy (non-hydrogen) atoms. The molecule has 3 rings (SSSR count). The lowest BCUT2D eigenvalue weighted by atomic mass is 10.1. The molecular weight excluding hydrogens is 220 g/mol. The van der Waals surface area contributed by atoms with Crippen LogP contribution >= 0.6 is 0 Å². The Morgan fingerprint density at radius 1 is 1.18 bits per heavy atom. The molecule has 0 aliphatic carbocycles. The van der Waals surface area contributed by atoms with E-state index in [4.69, 9.17) is 15.1 Å². The molecule has 6 nitrogen and oxygen atoms in total. The minimum Gasteiger partial charge on any atom is -0.397 e. The van der Waals surface area contributed by atoms with E-state index in [0.29, 0.717) is 22.8 Å². The first kappa shape index (κ1) is 10.3. The average Bonchev–Trinajstić information content (AvgIpc) is 2.84. The first-order chi connectivity index (χ1) is 8.34. The second-order valence-electron chi connectivity index (χ2n) is 4.19. The highest BCUT2D eigenvalue weighted by Crippen LogP contribution is 2.26. The summed E-state index contributed by atoms with van der Waals surface area (Å²) in [4.78, 5) is 0. The van der Waals surface area contributed by atoms with Gasteiger partial charge in [0.25, 0.3) is 0 Å². The Bertz CT molecular complexity index is 519. The van der Waals surface area contributed by atoms with E-state index in [9.17, 15) is 0 Å². The van der Waals surface area contributed by atoms with Crippen molar-refractivity contribution in [1.29, 1.82) is 0 Å². The Morgan fingerprint density at radius 2 is 1.94 bits per heavy atom. The summed E-state index contributed by atoms with van der Waals surface area (Å²) in [6.45, 7) is 1.60. The molecule has 0 spiro atoms. The summed E-state index contributed by atoms with van der Waals surface area (Å²) in [7, 11) is 0. The molecule has 0 amide bonds. The molecule has 0 atom stereocenters. The summed E-state index contributed by atoms with van der Waals surface area (Å²) in [5.74, 6) is 0. The molecule has 6 heteroatoms. The smallest absolute Gasteiger partial charge is 0.160 e. The minimum atomic E-state index is 0.410. The van der Waals surface area contributed by atoms with Gasteiger partial charge in [-0.05, 0) is 35.3 Å². The van der Waals surface area contributed by atoms with Crippen LogP contribution in [0.25, 0.3) is 11.0 Å². The molecule has 0 unspecified atom stereocenters. The number of nitrogen functional groups attached to an aromatic ring is 1. The van der Waals surface area contributed by atoms with Gasteiger partial charge in [0.05, 0.1) is 11.4 Å². The molecule has 1 saturated heterocycles. The van der Waals surface area contributed by atoms with Crippen LogP contribution in [0.5, 0.6) is 0 Å². The number of nitrogens with one attached hydrogen (secondary N) is 1. The third-order valence-corrected chi connectivity index (χ3v) is 3.03. The number of rotatable bonds is 2. The highest BCUT2D eigenvalue weighted by Gasteiger charge is 2.16. The average molecular weight is 234 g/mol. The van der Waals surface area contributed by atoms with Crippen LogP contribution in [0, 0.1) is 0 Å². The van der Waals surface area contributed by atoms with Gasteiger partial charge < -0.3 is 15.8 Å². The summed E-state index contributed by atoms with van der Waals surface area (Å²) in [6.07, 6.45) is 1.99. The van der Waals surface area contributed by atoms with Crippen molar-refractivity contribution in [3.8, 4) is 0 Å². The summed E-state index contributed by atoms with van der Waals surface area (Å²) < 4.78 is 10.1. The van der Waals surface area contributed by atoms with Gasteiger partial charge in [-0.2, -0.15) is 0 Å². The Balaban J connectivity index is 1.89. The van der Waals surface area contributed by atoms with Crippen LogP contribution in [0.3, 0.4) is 0 Å². The number of anilines is 2. The molecule has 1 fully saturated rings. The van der Waals surface area contributed by atoms with Gasteiger partial charge in [0.2, 0.25) is 0 Å². The van der Waals surface area contributed by atoms with E-state index in [-0.39, 0.29) is 0 Å². The van der Waals surface area contributed by atoms with Gasteiger partial charge in [-0.25, -0.2) is 4.63 Å². The Labute approximate surface area is 98.1 Å². The Kier molecular flexibility index (Phi) is 2.56. The molecule has 2 aromatic rings. The predicted octanol–water partition coefficient (Wildman–Crippen LogP) is 1.40. The largest absolute Gasteiger partial charge is 0.397 e. The van der Waals surface area contributed by atoms with Gasteiger partial charge in [-0.3, -0.25) is 0 Å². The second kappa shape index (κ2) is 4.21. The molecule has 0 radical (unpaired) electrons. The van der Waals surface area contributed by atoms with Gasteiger partial charge in [-0.15, -0.1) is 0 Å². The minimum absolute atomic E-state index is 0.410. The number of hydrogen-bond donors (Lipinski definition) is 2. The fourth-order valence-corrected chi connectivity index (χ4v) is 2.06. The van der Waals surface area contributed by atoms with Crippen molar-refractivity contribution in [3.05, 3.63) is 12.1 Å². The molecule has 1 aliphatic rings. The normalized spacial score (nSPS) is 17.4. The van der Waals surface area contributed by atoms with Crippen LogP contribution in [0.1, 0.15) is 12.8 Å². The van der Waals surface area contributed by atoms with Gasteiger partial charge in [0.1, 0.15) is 0 Å². The first-order valence-corrected chi connectivity index (χ1v) is 5.69. The van der Waals surface area contributed by atoms with Crippen LogP contribution in [0.4, 0.5) is 11.4 Å². The number of ether oxygens (including phenoxy) is 1. The maximum absolute atomic E-state index is 5.79. The van der Waals surface area contributed by atoms with Gasteiger partial charge in [-0.1, -0.05) is 0 Å². The van der Waals surface area contributed by atoms with Gasteiger partial charge >= 0.3 is 0 Å². The fourth-order valence-electron chi connectivity index (χ4n) is 2.06. The lowest BCUT2D eigenvalue weighted by Gasteiger charge is -2.24. The van der Waals surface area contributed by atoms with Crippen molar-refractivity contribution in [3.63, 3.8) is 0 Å². The molecule has 2 heterocycles. The zero-order valence-electron chi connectivity index (χ0n) is 9.35. The molecular formula is C11H14N4O2. The van der Waals surface area contributed by atoms with E-state index in [1.807, 2.05) is 12.1 Å². The van der Waals surface area contributed by atoms with Gasteiger partial charge in [0.15, 0.2) is 11.0 Å². The third kappa shape index (κ3) is 1.91. The van der Waals surface area contributed by atoms with Crippen molar-refractivity contribution < 1.29 is 9.37 Å². The quantitative estimate of drug-likeness (QED) is 0.764. The van der Waals surface area contributed by atoms with Crippen molar-refractivity contribution in [2.75, 3.05) is 24.3 Å². The number of nitrogens with zero attached hydrogens (tertiary/aromatic N) is 2.